The second-order valence-electron chi connectivity index (χ2n) is 2.95. The Balaban J connectivity index is 0.000000209. The Bertz CT molecular complexity index is 516. The van der Waals surface area contributed by atoms with E-state index in [0.29, 0.717) is 6.61 Å². The molecule has 0 atom stereocenters. The molecule has 2 rings (SSSR count). The Hall–Kier alpha value is -0.720. The van der Waals surface area contributed by atoms with E-state index < -0.39 is 0 Å². The van der Waals surface area contributed by atoms with E-state index >= 15 is 0 Å². The van der Waals surface area contributed by atoms with E-state index in [1.807, 2.05) is 11.4 Å². The maximum absolute atomic E-state index is 10.5. The summed E-state index contributed by atoms with van der Waals surface area (Å²) in [6, 6.07) is 2.02. The average molecular weight is 335 g/mol. The van der Waals surface area contributed by atoms with Gasteiger partial charge in [-0.15, -0.1) is 22.7 Å². The number of rotatable bonds is 2. The van der Waals surface area contributed by atoms with Crippen LogP contribution in [-0.4, -0.2) is 18.9 Å². The van der Waals surface area contributed by atoms with E-state index in [1.54, 1.807) is 18.3 Å². The number of carbonyl (C=O) groups excluding carboxylic acids is 2. The lowest BCUT2D eigenvalue weighted by molar-refractivity contribution is -0.140. The summed E-state index contributed by atoms with van der Waals surface area (Å²) in [5.74, 6) is -0.211. The lowest BCUT2D eigenvalue weighted by atomic mass is 10.4. The molecule has 0 saturated heterocycles. The van der Waals surface area contributed by atoms with Crippen LogP contribution in [0.15, 0.2) is 15.2 Å². The van der Waals surface area contributed by atoms with Crippen molar-refractivity contribution in [2.75, 3.05) is 6.61 Å². The van der Waals surface area contributed by atoms with Crippen LogP contribution in [0.3, 0.4) is 0 Å². The maximum Gasteiger partial charge on any atom is 0.302 e. The number of fused-ring (bicyclic) bond motifs is 1. The highest BCUT2D eigenvalue weighted by Crippen LogP contribution is 2.37. The van der Waals surface area contributed by atoms with Gasteiger partial charge in [-0.2, -0.15) is 0 Å². The molecule has 0 amide bonds. The maximum atomic E-state index is 10.5. The molecule has 0 aliphatic rings. The molecule has 92 valence electrons. The summed E-state index contributed by atoms with van der Waals surface area (Å²) in [5.41, 5.74) is 0. The van der Waals surface area contributed by atoms with Crippen molar-refractivity contribution < 1.29 is 14.3 Å². The Morgan fingerprint density at radius 3 is 2.76 bits per heavy atom. The molecule has 0 fully saturated rings. The summed E-state index contributed by atoms with van der Waals surface area (Å²) in [6.45, 7) is 3.65. The van der Waals surface area contributed by atoms with E-state index in [2.05, 4.69) is 20.7 Å². The number of ether oxygens (including phenoxy) is 1. The summed E-state index contributed by atoms with van der Waals surface area (Å²) in [4.78, 5) is 21.2. The van der Waals surface area contributed by atoms with Crippen molar-refractivity contribution in [2.24, 2.45) is 0 Å². The normalized spacial score (nSPS) is 9.59. The molecule has 17 heavy (non-hydrogen) atoms. The molecule has 6 heteroatoms. The Labute approximate surface area is 116 Å². The summed E-state index contributed by atoms with van der Waals surface area (Å²) in [6.07, 6.45) is 0.911. The molecule has 0 spiro atoms. The molecule has 0 unspecified atom stereocenters. The van der Waals surface area contributed by atoms with Crippen LogP contribution < -0.4 is 0 Å². The number of hydrogen-bond donors (Lipinski definition) is 0. The van der Waals surface area contributed by atoms with Gasteiger partial charge in [0.25, 0.3) is 0 Å². The number of hydrogen-bond acceptors (Lipinski definition) is 5. The molecule has 0 aromatic carbocycles. The van der Waals surface area contributed by atoms with Crippen LogP contribution in [-0.2, 0) is 9.53 Å². The molecular formula is C11H11BrO3S2. The molecule has 0 aliphatic carbocycles. The first-order chi connectivity index (χ1) is 8.10. The van der Waals surface area contributed by atoms with Crippen LogP contribution >= 0.6 is 38.6 Å². The van der Waals surface area contributed by atoms with Gasteiger partial charge < -0.3 is 4.74 Å². The lowest BCUT2D eigenvalue weighted by Crippen LogP contribution is -1.95. The molecule has 0 bridgehead atoms. The molecule has 2 heterocycles. The highest BCUT2D eigenvalue weighted by molar-refractivity contribution is 9.11. The van der Waals surface area contributed by atoms with Crippen molar-refractivity contribution in [1.82, 2.24) is 0 Å². The summed E-state index contributed by atoms with van der Waals surface area (Å²) < 4.78 is 6.55. The quantitative estimate of drug-likeness (QED) is 0.613. The summed E-state index contributed by atoms with van der Waals surface area (Å²) in [5, 5.41) is 3.15. The van der Waals surface area contributed by atoms with Crippen LogP contribution in [0.4, 0.5) is 0 Å². The third-order valence-electron chi connectivity index (χ3n) is 1.75. The number of thiophene rings is 2. The molecule has 2 aromatic rings. The smallest absolute Gasteiger partial charge is 0.302 e. The third-order valence-corrected chi connectivity index (χ3v) is 4.66. The molecule has 0 saturated carbocycles. The van der Waals surface area contributed by atoms with Crippen molar-refractivity contribution in [1.29, 1.82) is 0 Å². The second-order valence-corrected chi connectivity index (χ2v) is 6.23. The highest BCUT2D eigenvalue weighted by Gasteiger charge is 2.08. The van der Waals surface area contributed by atoms with Crippen LogP contribution in [0.2, 0.25) is 0 Å². The van der Waals surface area contributed by atoms with E-state index in [0.717, 1.165) is 25.0 Å². The summed E-state index contributed by atoms with van der Waals surface area (Å²) in [7, 11) is 0. The van der Waals surface area contributed by atoms with Crippen LogP contribution in [0, 0.1) is 0 Å². The van der Waals surface area contributed by atoms with Crippen molar-refractivity contribution >= 4 is 60.9 Å². The molecule has 0 radical (unpaired) electrons. The predicted molar refractivity (Wildman–Crippen MR) is 75.1 cm³/mol. The molecule has 0 aliphatic heterocycles. The van der Waals surface area contributed by atoms with Gasteiger partial charge in [-0.3, -0.25) is 9.59 Å². The fraction of sp³-hybridized carbons (Fsp3) is 0.273. The minimum absolute atomic E-state index is 0.211. The van der Waals surface area contributed by atoms with E-state index in [4.69, 9.17) is 0 Å². The van der Waals surface area contributed by atoms with Crippen LogP contribution in [0.1, 0.15) is 23.5 Å². The van der Waals surface area contributed by atoms with Crippen molar-refractivity contribution in [3.63, 3.8) is 0 Å². The highest BCUT2D eigenvalue weighted by atomic mass is 79.9. The summed E-state index contributed by atoms with van der Waals surface area (Å²) >= 11 is 6.51. The minimum atomic E-state index is -0.211. The Kier molecular flexibility index (Phi) is 5.80. The molecule has 2 aromatic heterocycles. The van der Waals surface area contributed by atoms with Gasteiger partial charge in [0.05, 0.1) is 20.0 Å². The average Bonchev–Trinajstić information content (AvgIpc) is 2.83. The van der Waals surface area contributed by atoms with Gasteiger partial charge in [0.1, 0.15) is 0 Å². The van der Waals surface area contributed by atoms with Gasteiger partial charge in [-0.25, -0.2) is 0 Å². The Morgan fingerprint density at radius 1 is 1.59 bits per heavy atom. The van der Waals surface area contributed by atoms with Crippen LogP contribution in [0.25, 0.3) is 10.1 Å². The van der Waals surface area contributed by atoms with Gasteiger partial charge in [-0.1, -0.05) is 0 Å². The zero-order valence-corrected chi connectivity index (χ0v) is 12.6. The monoisotopic (exact) mass is 334 g/mol. The number of esters is 1. The zero-order valence-electron chi connectivity index (χ0n) is 9.36. The lowest BCUT2D eigenvalue weighted by Gasteiger charge is -1.89. The third kappa shape index (κ3) is 3.90. The largest absolute Gasteiger partial charge is 0.466 e. The van der Waals surface area contributed by atoms with Gasteiger partial charge >= 0.3 is 5.97 Å². The number of carbonyl (C=O) groups is 2. The van der Waals surface area contributed by atoms with Gasteiger partial charge in [-0.05, 0) is 34.3 Å². The van der Waals surface area contributed by atoms with Gasteiger partial charge in [0.2, 0.25) is 0 Å². The fourth-order valence-electron chi connectivity index (χ4n) is 1.13. The first kappa shape index (κ1) is 14.3. The predicted octanol–water partition coefficient (Wildman–Crippen LogP) is 4.11. The first-order valence-corrected chi connectivity index (χ1v) is 7.33. The van der Waals surface area contributed by atoms with Crippen molar-refractivity contribution in [3.05, 3.63) is 20.1 Å². The Morgan fingerprint density at radius 2 is 2.29 bits per heavy atom. The van der Waals surface area contributed by atoms with Gasteiger partial charge in [0.15, 0.2) is 6.29 Å². The van der Waals surface area contributed by atoms with E-state index in [1.165, 1.54) is 18.3 Å². The number of halogens is 1. The zero-order chi connectivity index (χ0) is 12.8. The molecular weight excluding hydrogens is 324 g/mol. The molecule has 0 N–H and O–H groups in total. The SMILES string of the molecule is CCOC(C)=O.O=Cc1sc(Br)c2ccsc12. The van der Waals surface area contributed by atoms with Crippen molar-refractivity contribution in [2.45, 2.75) is 13.8 Å². The van der Waals surface area contributed by atoms with Crippen molar-refractivity contribution in [3.8, 4) is 0 Å². The second kappa shape index (κ2) is 6.88. The fourth-order valence-corrected chi connectivity index (χ4v) is 3.98. The minimum Gasteiger partial charge on any atom is -0.466 e. The first-order valence-electron chi connectivity index (χ1n) is 4.84. The van der Waals surface area contributed by atoms with E-state index in [9.17, 15) is 9.59 Å². The standard InChI is InChI=1S/C7H3BrOS2.C4H8O2/c8-7-4-1-2-10-6(4)5(3-9)11-7;1-3-6-4(2)5/h1-3H;3H2,1-2H3. The van der Waals surface area contributed by atoms with E-state index in [-0.39, 0.29) is 5.97 Å². The van der Waals surface area contributed by atoms with Crippen LogP contribution in [0.5, 0.6) is 0 Å². The number of aldehydes is 1. The van der Waals surface area contributed by atoms with Gasteiger partial charge in [0, 0.05) is 12.3 Å². The topological polar surface area (TPSA) is 43.4 Å². The molecule has 3 nitrogen and oxygen atoms in total.